The first kappa shape index (κ1) is 15.8. The van der Waals surface area contributed by atoms with Gasteiger partial charge in [0.15, 0.2) is 6.39 Å². The van der Waals surface area contributed by atoms with Crippen molar-refractivity contribution in [3.05, 3.63) is 17.8 Å². The second kappa shape index (κ2) is 5.40. The topological polar surface area (TPSA) is 38.1 Å². The molecule has 0 radical (unpaired) electrons. The smallest absolute Gasteiger partial charge is 0.407 e. The van der Waals surface area contributed by atoms with E-state index in [4.69, 9.17) is 0 Å². The molecular formula is C10H12F6N2O. The van der Waals surface area contributed by atoms with Crippen molar-refractivity contribution in [3.8, 4) is 0 Å². The Morgan fingerprint density at radius 1 is 1.16 bits per heavy atom. The molecule has 0 saturated carbocycles. The molecule has 1 rings (SSSR count). The monoisotopic (exact) mass is 290 g/mol. The lowest BCUT2D eigenvalue weighted by molar-refractivity contribution is -0.257. The van der Waals surface area contributed by atoms with Crippen LogP contribution in [0.1, 0.15) is 31.2 Å². The molecule has 0 aliphatic rings. The Balaban J connectivity index is 3.08. The van der Waals surface area contributed by atoms with Crippen LogP contribution in [0.4, 0.5) is 26.3 Å². The van der Waals surface area contributed by atoms with E-state index in [1.807, 2.05) is 0 Å². The Hall–Kier alpha value is -1.25. The molecule has 110 valence electrons. The van der Waals surface area contributed by atoms with Crippen LogP contribution in [0.2, 0.25) is 0 Å². The summed E-state index contributed by atoms with van der Waals surface area (Å²) < 4.78 is 79.5. The molecule has 1 heterocycles. The number of nitrogens with one attached hydrogen (secondary N) is 1. The van der Waals surface area contributed by atoms with Gasteiger partial charge < -0.3 is 9.73 Å². The maximum absolute atomic E-state index is 12.5. The molecule has 1 aromatic heterocycles. The number of hydrogen-bond acceptors (Lipinski definition) is 3. The molecule has 0 saturated heterocycles. The zero-order valence-corrected chi connectivity index (χ0v) is 10.1. The summed E-state index contributed by atoms with van der Waals surface area (Å²) in [5, 5.41) is 2.69. The van der Waals surface area contributed by atoms with Crippen molar-refractivity contribution in [2.24, 2.45) is 0 Å². The Labute approximate surface area is 105 Å². The van der Waals surface area contributed by atoms with Gasteiger partial charge in [-0.25, -0.2) is 4.98 Å². The SMILES string of the molecule is CC(C)NCc1ncoc1C(C(F)(F)F)C(F)(F)F. The van der Waals surface area contributed by atoms with Crippen molar-refractivity contribution >= 4 is 0 Å². The lowest BCUT2D eigenvalue weighted by Gasteiger charge is -2.21. The Morgan fingerprint density at radius 3 is 2.11 bits per heavy atom. The zero-order valence-electron chi connectivity index (χ0n) is 10.1. The van der Waals surface area contributed by atoms with Crippen molar-refractivity contribution < 1.29 is 30.8 Å². The maximum atomic E-state index is 12.5. The van der Waals surface area contributed by atoms with Gasteiger partial charge in [-0.15, -0.1) is 0 Å². The van der Waals surface area contributed by atoms with Crippen LogP contribution in [-0.4, -0.2) is 23.4 Å². The van der Waals surface area contributed by atoms with E-state index in [2.05, 4.69) is 14.7 Å². The molecular weight excluding hydrogens is 278 g/mol. The van der Waals surface area contributed by atoms with Gasteiger partial charge in [-0.2, -0.15) is 26.3 Å². The van der Waals surface area contributed by atoms with Crippen LogP contribution in [-0.2, 0) is 6.54 Å². The first-order valence-electron chi connectivity index (χ1n) is 5.32. The first-order chi connectivity index (χ1) is 8.53. The minimum absolute atomic E-state index is 0.111. The summed E-state index contributed by atoms with van der Waals surface area (Å²) in [6.07, 6.45) is -10.4. The molecule has 0 bridgehead atoms. The van der Waals surface area contributed by atoms with Gasteiger partial charge in [0, 0.05) is 12.6 Å². The summed E-state index contributed by atoms with van der Waals surface area (Å²) in [7, 11) is 0. The van der Waals surface area contributed by atoms with Gasteiger partial charge in [-0.1, -0.05) is 13.8 Å². The van der Waals surface area contributed by atoms with Crippen molar-refractivity contribution in [2.45, 2.75) is 44.7 Å². The Kier molecular flexibility index (Phi) is 4.49. The molecule has 0 spiro atoms. The fraction of sp³-hybridized carbons (Fsp3) is 0.700. The average Bonchev–Trinajstić information content (AvgIpc) is 2.58. The van der Waals surface area contributed by atoms with Gasteiger partial charge >= 0.3 is 12.4 Å². The van der Waals surface area contributed by atoms with Crippen LogP contribution >= 0.6 is 0 Å². The Morgan fingerprint density at radius 2 is 1.68 bits per heavy atom. The number of rotatable bonds is 4. The van der Waals surface area contributed by atoms with E-state index < -0.39 is 29.7 Å². The highest BCUT2D eigenvalue weighted by Crippen LogP contribution is 2.47. The molecule has 0 unspecified atom stereocenters. The van der Waals surface area contributed by atoms with Crippen LogP contribution in [0.25, 0.3) is 0 Å². The van der Waals surface area contributed by atoms with Crippen molar-refractivity contribution in [3.63, 3.8) is 0 Å². The largest absolute Gasteiger partial charge is 0.447 e. The van der Waals surface area contributed by atoms with E-state index in [0.29, 0.717) is 6.39 Å². The predicted octanol–water partition coefficient (Wildman–Crippen LogP) is 3.38. The van der Waals surface area contributed by atoms with Crippen LogP contribution < -0.4 is 5.32 Å². The Bertz CT molecular complexity index is 395. The lowest BCUT2D eigenvalue weighted by Crippen LogP contribution is -2.35. The third-order valence-corrected chi connectivity index (χ3v) is 2.27. The summed E-state index contributed by atoms with van der Waals surface area (Å²) in [4.78, 5) is 3.41. The number of aromatic nitrogens is 1. The van der Waals surface area contributed by atoms with Crippen LogP contribution in [0.3, 0.4) is 0 Å². The van der Waals surface area contributed by atoms with E-state index in [0.717, 1.165) is 0 Å². The normalized spacial score (nSPS) is 13.6. The third kappa shape index (κ3) is 4.12. The summed E-state index contributed by atoms with van der Waals surface area (Å²) >= 11 is 0. The number of oxazole rings is 1. The number of nitrogens with zero attached hydrogens (tertiary/aromatic N) is 1. The molecule has 19 heavy (non-hydrogen) atoms. The predicted molar refractivity (Wildman–Crippen MR) is 53.3 cm³/mol. The maximum Gasteiger partial charge on any atom is 0.407 e. The summed E-state index contributed by atoms with van der Waals surface area (Å²) in [5.74, 6) is -4.88. The minimum Gasteiger partial charge on any atom is -0.447 e. The molecule has 0 aromatic carbocycles. The quantitative estimate of drug-likeness (QED) is 0.864. The second-order valence-electron chi connectivity index (χ2n) is 4.22. The molecule has 0 fully saturated rings. The van der Waals surface area contributed by atoms with E-state index in [1.54, 1.807) is 13.8 Å². The molecule has 1 aromatic rings. The number of hydrogen-bond donors (Lipinski definition) is 1. The van der Waals surface area contributed by atoms with E-state index in [9.17, 15) is 26.3 Å². The highest BCUT2D eigenvalue weighted by Gasteiger charge is 2.60. The molecule has 0 amide bonds. The summed E-state index contributed by atoms with van der Waals surface area (Å²) in [6.45, 7) is 3.17. The van der Waals surface area contributed by atoms with Crippen LogP contribution in [0.5, 0.6) is 0 Å². The van der Waals surface area contributed by atoms with Gasteiger partial charge in [0.25, 0.3) is 0 Å². The third-order valence-electron chi connectivity index (χ3n) is 2.27. The van der Waals surface area contributed by atoms with Gasteiger partial charge in [0.05, 0.1) is 5.69 Å². The molecule has 3 nitrogen and oxygen atoms in total. The average molecular weight is 290 g/mol. The van der Waals surface area contributed by atoms with Crippen molar-refractivity contribution in [1.82, 2.24) is 10.3 Å². The van der Waals surface area contributed by atoms with Gasteiger partial charge in [0.2, 0.25) is 5.92 Å². The fourth-order valence-corrected chi connectivity index (χ4v) is 1.43. The second-order valence-corrected chi connectivity index (χ2v) is 4.22. The summed E-state index contributed by atoms with van der Waals surface area (Å²) in [5.41, 5.74) is -0.395. The number of halogens is 6. The fourth-order valence-electron chi connectivity index (χ4n) is 1.43. The van der Waals surface area contributed by atoms with Gasteiger partial charge in [-0.05, 0) is 0 Å². The zero-order chi connectivity index (χ0) is 14.8. The molecule has 9 heteroatoms. The van der Waals surface area contributed by atoms with Gasteiger partial charge in [-0.3, -0.25) is 0 Å². The first-order valence-corrected chi connectivity index (χ1v) is 5.32. The molecule has 1 N–H and O–H groups in total. The number of alkyl halides is 6. The van der Waals surface area contributed by atoms with Crippen molar-refractivity contribution in [1.29, 1.82) is 0 Å². The highest BCUT2D eigenvalue weighted by molar-refractivity contribution is 5.17. The highest BCUT2D eigenvalue weighted by atomic mass is 19.4. The van der Waals surface area contributed by atoms with E-state index in [1.165, 1.54) is 0 Å². The summed E-state index contributed by atoms with van der Waals surface area (Å²) in [6, 6.07) is -0.111. The molecule has 0 atom stereocenters. The molecule has 0 aliphatic heterocycles. The van der Waals surface area contributed by atoms with Crippen molar-refractivity contribution in [2.75, 3.05) is 0 Å². The van der Waals surface area contributed by atoms with Crippen LogP contribution in [0.15, 0.2) is 10.8 Å². The van der Waals surface area contributed by atoms with Gasteiger partial charge in [0.1, 0.15) is 5.76 Å². The van der Waals surface area contributed by atoms with E-state index in [-0.39, 0.29) is 12.6 Å². The standard InChI is InChI=1S/C10H12F6N2O/c1-5(2)17-3-6-7(19-4-18-6)8(9(11,12)13)10(14,15)16/h4-5,8,17H,3H2,1-2H3. The van der Waals surface area contributed by atoms with E-state index >= 15 is 0 Å². The molecule has 0 aliphatic carbocycles. The lowest BCUT2D eigenvalue weighted by atomic mass is 10.0. The minimum atomic E-state index is -5.48. The van der Waals surface area contributed by atoms with Crippen LogP contribution in [0, 0.1) is 0 Å².